The van der Waals surface area contributed by atoms with E-state index < -0.39 is 10.0 Å². The first-order valence-corrected chi connectivity index (χ1v) is 10.1. The van der Waals surface area contributed by atoms with Crippen LogP contribution in [0.4, 0.5) is 0 Å². The maximum absolute atomic E-state index is 12.6. The molecule has 0 N–H and O–H groups in total. The molecule has 1 atom stereocenters. The fourth-order valence-corrected chi connectivity index (χ4v) is 5.53. The van der Waals surface area contributed by atoms with Crippen LogP contribution in [0.1, 0.15) is 23.2 Å². The Hall–Kier alpha value is -1.21. The van der Waals surface area contributed by atoms with Gasteiger partial charge >= 0.3 is 0 Å². The fourth-order valence-electron chi connectivity index (χ4n) is 2.80. The quantitative estimate of drug-likeness (QED) is 0.772. The number of carbonyl (C=O) groups excluding carboxylic acids is 1. The van der Waals surface area contributed by atoms with Crippen LogP contribution in [0.15, 0.2) is 46.0 Å². The molecule has 1 aliphatic heterocycles. The first-order chi connectivity index (χ1) is 11.0. The smallest absolute Gasteiger partial charge is 0.243 e. The topological polar surface area (TPSA) is 54.5 Å². The summed E-state index contributed by atoms with van der Waals surface area (Å²) in [4.78, 5) is 12.9. The molecule has 0 bridgehead atoms. The van der Waals surface area contributed by atoms with E-state index in [1.54, 1.807) is 41.1 Å². The van der Waals surface area contributed by atoms with Crippen molar-refractivity contribution in [2.45, 2.75) is 17.7 Å². The van der Waals surface area contributed by atoms with Crippen molar-refractivity contribution in [3.63, 3.8) is 0 Å². The number of ketones is 1. The van der Waals surface area contributed by atoms with Gasteiger partial charge in [0.2, 0.25) is 10.0 Å². The summed E-state index contributed by atoms with van der Waals surface area (Å²) in [6.07, 6.45) is 1.38. The fraction of sp³-hybridized carbons (Fsp3) is 0.312. The van der Waals surface area contributed by atoms with Gasteiger partial charge in [-0.3, -0.25) is 4.79 Å². The molecule has 3 rings (SSSR count). The van der Waals surface area contributed by atoms with Gasteiger partial charge in [0.1, 0.15) is 0 Å². The van der Waals surface area contributed by atoms with Gasteiger partial charge in [0.15, 0.2) is 5.78 Å². The zero-order chi connectivity index (χ0) is 16.4. The Kier molecular flexibility index (Phi) is 4.87. The van der Waals surface area contributed by atoms with Crippen LogP contribution in [0.5, 0.6) is 0 Å². The molecule has 2 heterocycles. The molecule has 1 fully saturated rings. The van der Waals surface area contributed by atoms with Crippen molar-refractivity contribution in [1.82, 2.24) is 4.31 Å². The lowest BCUT2D eigenvalue weighted by Crippen LogP contribution is -2.42. The number of thiophene rings is 1. The third kappa shape index (κ3) is 3.50. The summed E-state index contributed by atoms with van der Waals surface area (Å²) in [7, 11) is -3.51. The summed E-state index contributed by atoms with van der Waals surface area (Å²) in [6.45, 7) is 0.682. The first-order valence-electron chi connectivity index (χ1n) is 7.30. The van der Waals surface area contributed by atoms with Crippen molar-refractivity contribution >= 4 is 38.7 Å². The predicted octanol–water partition coefficient (Wildman–Crippen LogP) is 3.69. The largest absolute Gasteiger partial charge is 0.294 e. The standard InChI is InChI=1S/C16H16ClNO3S2/c17-14-5-1-3-12(9-14)16(19)13-4-2-7-18(10-13)23(20,21)15-6-8-22-11-15/h1,3,5-6,8-9,11,13H,2,4,7,10H2/t13-/m1/s1. The minimum atomic E-state index is -3.51. The van der Waals surface area contributed by atoms with E-state index in [0.717, 1.165) is 0 Å². The number of halogens is 1. The Bertz CT molecular complexity index is 802. The number of hydrogen-bond acceptors (Lipinski definition) is 4. The molecule has 2 aromatic rings. The van der Waals surface area contributed by atoms with Gasteiger partial charge in [-0.2, -0.15) is 15.6 Å². The highest BCUT2D eigenvalue weighted by Gasteiger charge is 2.33. The number of sulfonamides is 1. The van der Waals surface area contributed by atoms with E-state index in [1.165, 1.54) is 15.6 Å². The molecule has 0 spiro atoms. The highest BCUT2D eigenvalue weighted by atomic mass is 35.5. The Morgan fingerprint density at radius 3 is 2.83 bits per heavy atom. The molecule has 7 heteroatoms. The van der Waals surface area contributed by atoms with E-state index in [0.29, 0.717) is 34.9 Å². The number of rotatable bonds is 4. The van der Waals surface area contributed by atoms with Crippen molar-refractivity contribution in [3.05, 3.63) is 51.7 Å². The van der Waals surface area contributed by atoms with Gasteiger partial charge in [0.25, 0.3) is 0 Å². The molecule has 1 saturated heterocycles. The summed E-state index contributed by atoms with van der Waals surface area (Å²) in [5.41, 5.74) is 0.539. The van der Waals surface area contributed by atoms with Gasteiger partial charge in [-0.1, -0.05) is 23.7 Å². The molecule has 0 unspecified atom stereocenters. The van der Waals surface area contributed by atoms with Crippen LogP contribution >= 0.6 is 22.9 Å². The number of Topliss-reactive ketones (excluding diaryl/α,β-unsaturated/α-hetero) is 1. The molecule has 0 saturated carbocycles. The SMILES string of the molecule is O=C(c1cccc(Cl)c1)[C@@H]1CCCN(S(=O)(=O)c2ccsc2)C1. The molecule has 4 nitrogen and oxygen atoms in total. The molecule has 0 aliphatic carbocycles. The molecular formula is C16H16ClNO3S2. The van der Waals surface area contributed by atoms with E-state index in [4.69, 9.17) is 11.6 Å². The Labute approximate surface area is 144 Å². The van der Waals surface area contributed by atoms with Gasteiger partial charge in [0, 0.05) is 35.0 Å². The van der Waals surface area contributed by atoms with Crippen LogP contribution in [-0.2, 0) is 10.0 Å². The minimum Gasteiger partial charge on any atom is -0.294 e. The summed E-state index contributed by atoms with van der Waals surface area (Å²) < 4.78 is 26.6. The summed E-state index contributed by atoms with van der Waals surface area (Å²) in [6, 6.07) is 8.41. The first kappa shape index (κ1) is 16.6. The van der Waals surface area contributed by atoms with E-state index in [-0.39, 0.29) is 18.2 Å². The summed E-state index contributed by atoms with van der Waals surface area (Å²) >= 11 is 7.29. The molecule has 1 aliphatic rings. The Morgan fingerprint density at radius 1 is 1.30 bits per heavy atom. The third-order valence-electron chi connectivity index (χ3n) is 4.00. The van der Waals surface area contributed by atoms with Crippen molar-refractivity contribution < 1.29 is 13.2 Å². The zero-order valence-corrected chi connectivity index (χ0v) is 14.7. The molecular weight excluding hydrogens is 354 g/mol. The highest BCUT2D eigenvalue weighted by Crippen LogP contribution is 2.27. The maximum Gasteiger partial charge on any atom is 0.243 e. The number of piperidine rings is 1. The monoisotopic (exact) mass is 369 g/mol. The minimum absolute atomic E-state index is 0.0438. The number of hydrogen-bond donors (Lipinski definition) is 0. The second-order valence-electron chi connectivity index (χ2n) is 5.54. The van der Waals surface area contributed by atoms with Crippen molar-refractivity contribution in [2.24, 2.45) is 5.92 Å². The average Bonchev–Trinajstić information content (AvgIpc) is 3.09. The molecule has 1 aromatic carbocycles. The number of nitrogens with zero attached hydrogens (tertiary/aromatic N) is 1. The summed E-state index contributed by atoms with van der Waals surface area (Å²) in [5, 5.41) is 3.87. The lowest BCUT2D eigenvalue weighted by Gasteiger charge is -2.31. The maximum atomic E-state index is 12.6. The van der Waals surface area contributed by atoms with Gasteiger partial charge in [-0.15, -0.1) is 0 Å². The lowest BCUT2D eigenvalue weighted by atomic mass is 9.91. The van der Waals surface area contributed by atoms with Gasteiger partial charge < -0.3 is 0 Å². The van der Waals surface area contributed by atoms with E-state index in [2.05, 4.69) is 0 Å². The van der Waals surface area contributed by atoms with Gasteiger partial charge in [0.05, 0.1) is 4.90 Å². The second kappa shape index (κ2) is 6.73. The molecule has 122 valence electrons. The predicted molar refractivity (Wildman–Crippen MR) is 91.6 cm³/mol. The van der Waals surface area contributed by atoms with Crippen LogP contribution in [0.3, 0.4) is 0 Å². The summed E-state index contributed by atoms with van der Waals surface area (Å²) in [5.74, 6) is -0.367. The zero-order valence-electron chi connectivity index (χ0n) is 12.3. The van der Waals surface area contributed by atoms with Gasteiger partial charge in [-0.25, -0.2) is 8.42 Å². The van der Waals surface area contributed by atoms with E-state index in [1.807, 2.05) is 0 Å². The Morgan fingerprint density at radius 2 is 2.13 bits per heavy atom. The van der Waals surface area contributed by atoms with Crippen LogP contribution in [0.2, 0.25) is 5.02 Å². The van der Waals surface area contributed by atoms with E-state index >= 15 is 0 Å². The van der Waals surface area contributed by atoms with Crippen LogP contribution in [0, 0.1) is 5.92 Å². The van der Waals surface area contributed by atoms with Crippen molar-refractivity contribution in [1.29, 1.82) is 0 Å². The average molecular weight is 370 g/mol. The highest BCUT2D eigenvalue weighted by molar-refractivity contribution is 7.89. The second-order valence-corrected chi connectivity index (χ2v) is 8.69. The number of carbonyl (C=O) groups is 1. The van der Waals surface area contributed by atoms with Crippen molar-refractivity contribution in [3.8, 4) is 0 Å². The van der Waals surface area contributed by atoms with Crippen LogP contribution in [0.25, 0.3) is 0 Å². The normalized spacial score (nSPS) is 19.6. The molecule has 0 radical (unpaired) electrons. The van der Waals surface area contributed by atoms with Crippen LogP contribution in [-0.4, -0.2) is 31.6 Å². The third-order valence-corrected chi connectivity index (χ3v) is 6.93. The molecule has 23 heavy (non-hydrogen) atoms. The van der Waals surface area contributed by atoms with Crippen LogP contribution < -0.4 is 0 Å². The number of benzene rings is 1. The van der Waals surface area contributed by atoms with E-state index in [9.17, 15) is 13.2 Å². The van der Waals surface area contributed by atoms with Gasteiger partial charge in [-0.05, 0) is 36.4 Å². The molecule has 1 aromatic heterocycles. The Balaban J connectivity index is 1.80. The van der Waals surface area contributed by atoms with Crippen molar-refractivity contribution in [2.75, 3.05) is 13.1 Å². The lowest BCUT2D eigenvalue weighted by molar-refractivity contribution is 0.0872. The molecule has 0 amide bonds.